The zero-order valence-corrected chi connectivity index (χ0v) is 9.29. The minimum absolute atomic E-state index is 0.131. The van der Waals surface area contributed by atoms with E-state index in [1.54, 1.807) is 0 Å². The quantitative estimate of drug-likeness (QED) is 0.560. The van der Waals surface area contributed by atoms with E-state index in [1.807, 2.05) is 0 Å². The fraction of sp³-hybridized carbons (Fsp3) is 1.00. The first-order valence-corrected chi connectivity index (χ1v) is 5.44. The van der Waals surface area contributed by atoms with Crippen LogP contribution in [0.5, 0.6) is 0 Å². The highest BCUT2D eigenvalue weighted by Crippen LogP contribution is 2.79. The molecule has 0 aromatic heterocycles. The van der Waals surface area contributed by atoms with E-state index in [1.165, 1.54) is 0 Å². The van der Waals surface area contributed by atoms with Gasteiger partial charge in [-0.25, -0.2) is 0 Å². The van der Waals surface area contributed by atoms with Crippen LogP contribution in [0.2, 0.25) is 0 Å². The zero-order valence-electron chi connectivity index (χ0n) is 8.39. The summed E-state index contributed by atoms with van der Waals surface area (Å²) in [6.45, 7) is 13.2. The number of rotatable bonds is 0. The molecule has 1 saturated heterocycles. The molecule has 0 spiro atoms. The van der Waals surface area contributed by atoms with Crippen LogP contribution >= 0.6 is 8.15 Å². The van der Waals surface area contributed by atoms with Crippen LogP contribution in [0.25, 0.3) is 0 Å². The van der Waals surface area contributed by atoms with E-state index < -0.39 is 8.15 Å². The van der Waals surface area contributed by atoms with Crippen LogP contribution in [0, 0.1) is 5.41 Å². The van der Waals surface area contributed by atoms with Crippen LogP contribution in [0.4, 0.5) is 0 Å². The minimum Gasteiger partial charge on any atom is -0.373 e. The molecule has 0 bridgehead atoms. The van der Waals surface area contributed by atoms with Gasteiger partial charge in [0.2, 0.25) is 0 Å². The Balaban J connectivity index is 2.98. The maximum absolute atomic E-state index is 9.90. The Hall–Kier alpha value is 0.390. The molecule has 1 N–H and O–H groups in total. The van der Waals surface area contributed by atoms with E-state index >= 15 is 0 Å². The van der Waals surface area contributed by atoms with Gasteiger partial charge in [-0.2, -0.15) is 0 Å². The molecule has 11 heavy (non-hydrogen) atoms. The Morgan fingerprint density at radius 3 is 1.18 bits per heavy atom. The van der Waals surface area contributed by atoms with Gasteiger partial charge >= 0.3 is 0 Å². The minimum atomic E-state index is -0.792. The maximum Gasteiger partial charge on any atom is 0.0378 e. The van der Waals surface area contributed by atoms with Crippen molar-refractivity contribution in [2.45, 2.75) is 51.9 Å². The Kier molecular flexibility index (Phi) is 1.73. The van der Waals surface area contributed by atoms with Crippen LogP contribution < -0.4 is 0 Å². The second kappa shape index (κ2) is 2.00. The highest BCUT2D eigenvalue weighted by Gasteiger charge is 2.66. The number of hydrogen-bond donors (Lipinski definition) is 1. The third kappa shape index (κ3) is 0.792. The van der Waals surface area contributed by atoms with Crippen molar-refractivity contribution < 1.29 is 4.89 Å². The fourth-order valence-electron chi connectivity index (χ4n) is 1.92. The highest BCUT2D eigenvalue weighted by molar-refractivity contribution is 7.57. The van der Waals surface area contributed by atoms with Gasteiger partial charge in [0.15, 0.2) is 0 Å². The van der Waals surface area contributed by atoms with Crippen LogP contribution in [-0.2, 0) is 0 Å². The summed E-state index contributed by atoms with van der Waals surface area (Å²) in [4.78, 5) is 9.90. The van der Waals surface area contributed by atoms with Crippen molar-refractivity contribution in [1.82, 2.24) is 0 Å². The molecular weight excluding hydrogens is 155 g/mol. The largest absolute Gasteiger partial charge is 0.373 e. The lowest BCUT2D eigenvalue weighted by Gasteiger charge is -2.67. The summed E-state index contributed by atoms with van der Waals surface area (Å²) >= 11 is 0. The molecule has 1 heterocycles. The molecule has 0 amide bonds. The summed E-state index contributed by atoms with van der Waals surface area (Å²) in [5.74, 6) is 0. The summed E-state index contributed by atoms with van der Waals surface area (Å²) in [6, 6.07) is 0. The molecule has 0 aliphatic carbocycles. The average molecular weight is 174 g/mol. The lowest BCUT2D eigenvalue weighted by molar-refractivity contribution is 0.137. The molecular formula is C9H19OP. The molecule has 2 heteroatoms. The van der Waals surface area contributed by atoms with Gasteiger partial charge in [0.1, 0.15) is 0 Å². The first-order chi connectivity index (χ1) is 4.65. The van der Waals surface area contributed by atoms with E-state index in [9.17, 15) is 4.89 Å². The fourth-order valence-corrected chi connectivity index (χ4v) is 4.77. The maximum atomic E-state index is 9.90. The molecule has 0 saturated carbocycles. The van der Waals surface area contributed by atoms with E-state index in [4.69, 9.17) is 0 Å². The Morgan fingerprint density at radius 2 is 1.09 bits per heavy atom. The second-order valence-corrected chi connectivity index (χ2v) is 7.91. The third-order valence-electron chi connectivity index (χ3n) is 4.12. The van der Waals surface area contributed by atoms with Crippen molar-refractivity contribution in [3.63, 3.8) is 0 Å². The van der Waals surface area contributed by atoms with Gasteiger partial charge in [0, 0.05) is 18.5 Å². The topological polar surface area (TPSA) is 20.2 Å². The van der Waals surface area contributed by atoms with Crippen molar-refractivity contribution in [1.29, 1.82) is 0 Å². The first kappa shape index (κ1) is 9.48. The average Bonchev–Trinajstić information content (AvgIpc) is 1.84. The molecule has 1 fully saturated rings. The van der Waals surface area contributed by atoms with Gasteiger partial charge < -0.3 is 4.89 Å². The molecule has 0 radical (unpaired) electrons. The van der Waals surface area contributed by atoms with E-state index in [0.717, 1.165) is 0 Å². The van der Waals surface area contributed by atoms with Crippen molar-refractivity contribution in [3.05, 3.63) is 0 Å². The van der Waals surface area contributed by atoms with Crippen LogP contribution in [0.3, 0.4) is 0 Å². The Morgan fingerprint density at radius 1 is 0.818 bits per heavy atom. The molecule has 0 atom stereocenters. The van der Waals surface area contributed by atoms with Crippen molar-refractivity contribution in [3.8, 4) is 0 Å². The van der Waals surface area contributed by atoms with Crippen molar-refractivity contribution >= 4 is 8.15 Å². The first-order valence-electron chi connectivity index (χ1n) is 4.15. The van der Waals surface area contributed by atoms with E-state index in [0.29, 0.717) is 0 Å². The molecule has 1 rings (SSSR count). The third-order valence-corrected chi connectivity index (χ3v) is 7.35. The monoisotopic (exact) mass is 174 g/mol. The predicted octanol–water partition coefficient (Wildman–Crippen LogP) is 2.97. The molecule has 66 valence electrons. The van der Waals surface area contributed by atoms with Crippen LogP contribution in [-0.4, -0.2) is 15.2 Å². The van der Waals surface area contributed by atoms with Gasteiger partial charge in [-0.15, -0.1) is 0 Å². The van der Waals surface area contributed by atoms with Gasteiger partial charge in [-0.3, -0.25) is 0 Å². The predicted molar refractivity (Wildman–Crippen MR) is 51.1 cm³/mol. The smallest absolute Gasteiger partial charge is 0.0378 e. The normalized spacial score (nSPS) is 33.0. The van der Waals surface area contributed by atoms with Crippen molar-refractivity contribution in [2.75, 3.05) is 0 Å². The molecule has 1 aliphatic heterocycles. The van der Waals surface area contributed by atoms with E-state index in [2.05, 4.69) is 41.5 Å². The van der Waals surface area contributed by atoms with Gasteiger partial charge in [0.05, 0.1) is 0 Å². The van der Waals surface area contributed by atoms with Crippen LogP contribution in [0.1, 0.15) is 41.5 Å². The highest BCUT2D eigenvalue weighted by atomic mass is 31.1. The Bertz CT molecular complexity index is 164. The standard InChI is InChI=1S/C9H19OP/c1-7(2)8(3,4)11(10)9(7,5)6/h10H,1-6H3. The summed E-state index contributed by atoms with van der Waals surface area (Å²) in [5.41, 5.74) is 0.264. The summed E-state index contributed by atoms with van der Waals surface area (Å²) in [5, 5.41) is 0.262. The van der Waals surface area contributed by atoms with Crippen molar-refractivity contribution in [2.24, 2.45) is 5.41 Å². The van der Waals surface area contributed by atoms with Gasteiger partial charge in [-0.1, -0.05) is 41.5 Å². The second-order valence-electron chi connectivity index (χ2n) is 5.05. The molecule has 0 aromatic carbocycles. The lowest BCUT2D eigenvalue weighted by atomic mass is 9.69. The molecule has 1 aliphatic rings. The van der Waals surface area contributed by atoms with E-state index in [-0.39, 0.29) is 15.7 Å². The molecule has 0 unspecified atom stereocenters. The summed E-state index contributed by atoms with van der Waals surface area (Å²) < 4.78 is 0. The molecule has 1 nitrogen and oxygen atoms in total. The SMILES string of the molecule is CC1(C)P(O)C(C)(C)C1(C)C. The van der Waals surface area contributed by atoms with Crippen LogP contribution in [0.15, 0.2) is 0 Å². The van der Waals surface area contributed by atoms with Gasteiger partial charge in [-0.05, 0) is 5.41 Å². The summed E-state index contributed by atoms with van der Waals surface area (Å²) in [7, 11) is -0.792. The summed E-state index contributed by atoms with van der Waals surface area (Å²) in [6.07, 6.45) is 0. The zero-order chi connectivity index (χ0) is 9.08. The molecule has 0 aromatic rings. The van der Waals surface area contributed by atoms with Gasteiger partial charge in [0.25, 0.3) is 0 Å². The Labute approximate surface area is 71.0 Å². The lowest BCUT2D eigenvalue weighted by Crippen LogP contribution is -2.63. The number of hydrogen-bond acceptors (Lipinski definition) is 1.